The quantitative estimate of drug-likeness (QED) is 0.672. The van der Waals surface area contributed by atoms with E-state index in [0.717, 1.165) is 25.9 Å². The Labute approximate surface area is 96.2 Å². The normalized spacial score (nSPS) is 23.7. The Kier molecular flexibility index (Phi) is 4.47. The highest BCUT2D eigenvalue weighted by molar-refractivity contribution is 7.80. The summed E-state index contributed by atoms with van der Waals surface area (Å²) in [5, 5.41) is 2.69. The van der Waals surface area contributed by atoms with E-state index < -0.39 is 0 Å². The zero-order valence-corrected chi connectivity index (χ0v) is 10.1. The van der Waals surface area contributed by atoms with Crippen LogP contribution in [0.25, 0.3) is 0 Å². The summed E-state index contributed by atoms with van der Waals surface area (Å²) in [6.45, 7) is 3.75. The third-order valence-electron chi connectivity index (χ3n) is 2.91. The molecular formula is C10H19N3OS. The molecule has 0 bridgehead atoms. The van der Waals surface area contributed by atoms with Crippen molar-refractivity contribution in [3.8, 4) is 0 Å². The van der Waals surface area contributed by atoms with Crippen molar-refractivity contribution in [2.24, 2.45) is 11.7 Å². The van der Waals surface area contributed by atoms with Crippen molar-refractivity contribution in [3.63, 3.8) is 0 Å². The third kappa shape index (κ3) is 3.14. The molecule has 15 heavy (non-hydrogen) atoms. The smallest absolute Gasteiger partial charge is 0.237 e. The highest BCUT2D eigenvalue weighted by Crippen LogP contribution is 2.18. The van der Waals surface area contributed by atoms with E-state index in [2.05, 4.69) is 10.2 Å². The van der Waals surface area contributed by atoms with Crippen LogP contribution in [-0.4, -0.2) is 42.0 Å². The molecule has 4 nitrogen and oxygen atoms in total. The molecule has 1 fully saturated rings. The van der Waals surface area contributed by atoms with Crippen LogP contribution in [0.1, 0.15) is 19.8 Å². The van der Waals surface area contributed by atoms with Crippen LogP contribution in [-0.2, 0) is 4.79 Å². The third-order valence-corrected chi connectivity index (χ3v) is 3.31. The fourth-order valence-corrected chi connectivity index (χ4v) is 2.02. The highest BCUT2D eigenvalue weighted by atomic mass is 32.1. The molecule has 5 heteroatoms. The number of hydrogen-bond acceptors (Lipinski definition) is 3. The molecule has 1 aliphatic rings. The zero-order valence-electron chi connectivity index (χ0n) is 9.32. The average molecular weight is 229 g/mol. The number of nitrogens with zero attached hydrogens (tertiary/aromatic N) is 1. The summed E-state index contributed by atoms with van der Waals surface area (Å²) in [7, 11) is 1.68. The average Bonchev–Trinajstić information content (AvgIpc) is 2.64. The van der Waals surface area contributed by atoms with E-state index in [1.165, 1.54) is 0 Å². The highest BCUT2D eigenvalue weighted by Gasteiger charge is 2.30. The fraction of sp³-hybridized carbons (Fsp3) is 0.800. The van der Waals surface area contributed by atoms with Gasteiger partial charge in [-0.2, -0.15) is 0 Å². The van der Waals surface area contributed by atoms with Gasteiger partial charge < -0.3 is 11.1 Å². The Morgan fingerprint density at radius 1 is 1.73 bits per heavy atom. The monoisotopic (exact) mass is 229 g/mol. The van der Waals surface area contributed by atoms with Gasteiger partial charge in [-0.3, -0.25) is 9.69 Å². The number of amides is 1. The summed E-state index contributed by atoms with van der Waals surface area (Å²) in [6.07, 6.45) is 2.01. The molecule has 1 heterocycles. The largest absolute Gasteiger partial charge is 0.393 e. The van der Waals surface area contributed by atoms with Gasteiger partial charge in [0.1, 0.15) is 0 Å². The molecule has 2 atom stereocenters. The number of carbonyl (C=O) groups is 1. The Bertz CT molecular complexity index is 257. The minimum absolute atomic E-state index is 0.00630. The number of hydrogen-bond donors (Lipinski definition) is 2. The molecule has 0 radical (unpaired) electrons. The first-order valence-corrected chi connectivity index (χ1v) is 5.72. The van der Waals surface area contributed by atoms with Gasteiger partial charge >= 0.3 is 0 Å². The van der Waals surface area contributed by atoms with Gasteiger partial charge in [0.15, 0.2) is 0 Å². The second-order valence-electron chi connectivity index (χ2n) is 4.07. The van der Waals surface area contributed by atoms with E-state index in [9.17, 15) is 4.79 Å². The van der Waals surface area contributed by atoms with Crippen LogP contribution < -0.4 is 11.1 Å². The number of nitrogens with two attached hydrogens (primary N) is 1. The van der Waals surface area contributed by atoms with Crippen molar-refractivity contribution >= 4 is 23.1 Å². The lowest BCUT2D eigenvalue weighted by Gasteiger charge is -2.25. The second-order valence-corrected chi connectivity index (χ2v) is 4.54. The van der Waals surface area contributed by atoms with E-state index in [-0.39, 0.29) is 17.9 Å². The Hall–Kier alpha value is -0.680. The maximum atomic E-state index is 11.6. The molecule has 3 N–H and O–H groups in total. The topological polar surface area (TPSA) is 58.4 Å². The molecule has 0 spiro atoms. The van der Waals surface area contributed by atoms with E-state index in [0.29, 0.717) is 4.99 Å². The number of nitrogens with one attached hydrogen (secondary N) is 1. The summed E-state index contributed by atoms with van der Waals surface area (Å²) < 4.78 is 0. The van der Waals surface area contributed by atoms with Gasteiger partial charge in [0.25, 0.3) is 0 Å². The lowest BCUT2D eigenvalue weighted by molar-refractivity contribution is -0.125. The van der Waals surface area contributed by atoms with Crippen LogP contribution in [0, 0.1) is 5.92 Å². The maximum absolute atomic E-state index is 11.6. The fourth-order valence-electron chi connectivity index (χ4n) is 1.95. The molecule has 0 aliphatic carbocycles. The van der Waals surface area contributed by atoms with E-state index >= 15 is 0 Å². The van der Waals surface area contributed by atoms with E-state index in [1.54, 1.807) is 7.05 Å². The van der Waals surface area contributed by atoms with Gasteiger partial charge in [-0.05, 0) is 19.4 Å². The molecule has 1 amide bonds. The van der Waals surface area contributed by atoms with Gasteiger partial charge in [0, 0.05) is 19.5 Å². The second kappa shape index (κ2) is 5.42. The van der Waals surface area contributed by atoms with Crippen molar-refractivity contribution in [2.45, 2.75) is 25.8 Å². The Morgan fingerprint density at radius 3 is 2.93 bits per heavy atom. The number of carbonyl (C=O) groups excluding carboxylic acids is 1. The molecule has 0 saturated carbocycles. The van der Waals surface area contributed by atoms with Crippen LogP contribution in [0.4, 0.5) is 0 Å². The van der Waals surface area contributed by atoms with Gasteiger partial charge in [0.05, 0.1) is 11.0 Å². The first kappa shape index (κ1) is 12.4. The summed E-state index contributed by atoms with van der Waals surface area (Å²) >= 11 is 4.94. The maximum Gasteiger partial charge on any atom is 0.237 e. The molecule has 1 aliphatic heterocycles. The molecular weight excluding hydrogens is 210 g/mol. The minimum atomic E-state index is 0.00630. The first-order chi connectivity index (χ1) is 7.06. The molecule has 2 unspecified atom stereocenters. The van der Waals surface area contributed by atoms with Crippen LogP contribution in [0.15, 0.2) is 0 Å². The van der Waals surface area contributed by atoms with Crippen molar-refractivity contribution in [2.75, 3.05) is 20.1 Å². The van der Waals surface area contributed by atoms with Crippen molar-refractivity contribution in [1.29, 1.82) is 0 Å². The van der Waals surface area contributed by atoms with Crippen molar-refractivity contribution in [3.05, 3.63) is 0 Å². The Balaban J connectivity index is 2.53. The lowest BCUT2D eigenvalue weighted by Crippen LogP contribution is -2.44. The zero-order chi connectivity index (χ0) is 11.4. The standard InChI is InChI=1S/C10H19N3OS/c1-7(9(11)15)6-13-5-3-4-8(13)10(14)12-2/h7-8H,3-6H2,1-2H3,(H2,11,15)(H,12,14). The van der Waals surface area contributed by atoms with Crippen LogP contribution >= 0.6 is 12.2 Å². The molecule has 86 valence electrons. The van der Waals surface area contributed by atoms with Crippen molar-refractivity contribution in [1.82, 2.24) is 10.2 Å². The van der Waals surface area contributed by atoms with Gasteiger partial charge in [-0.25, -0.2) is 0 Å². The summed E-state index contributed by atoms with van der Waals surface area (Å²) in [4.78, 5) is 14.3. The van der Waals surface area contributed by atoms with Crippen LogP contribution in [0.2, 0.25) is 0 Å². The number of likely N-dealkylation sites (tertiary alicyclic amines) is 1. The van der Waals surface area contributed by atoms with E-state index in [4.69, 9.17) is 18.0 Å². The Morgan fingerprint density at radius 2 is 2.40 bits per heavy atom. The van der Waals surface area contributed by atoms with Crippen LogP contribution in [0.3, 0.4) is 0 Å². The van der Waals surface area contributed by atoms with Gasteiger partial charge in [-0.1, -0.05) is 19.1 Å². The van der Waals surface area contributed by atoms with Crippen LogP contribution in [0.5, 0.6) is 0 Å². The SMILES string of the molecule is CNC(=O)C1CCCN1CC(C)C(N)=S. The van der Waals surface area contributed by atoms with E-state index in [1.807, 2.05) is 6.92 Å². The van der Waals surface area contributed by atoms with Gasteiger partial charge in [-0.15, -0.1) is 0 Å². The van der Waals surface area contributed by atoms with Gasteiger partial charge in [0.2, 0.25) is 5.91 Å². The summed E-state index contributed by atoms with van der Waals surface area (Å²) in [6, 6.07) is 0.00630. The van der Waals surface area contributed by atoms with Crippen molar-refractivity contribution < 1.29 is 4.79 Å². The summed E-state index contributed by atoms with van der Waals surface area (Å²) in [5.41, 5.74) is 5.57. The molecule has 1 rings (SSSR count). The number of rotatable bonds is 4. The summed E-state index contributed by atoms with van der Waals surface area (Å²) in [5.74, 6) is 0.271. The molecule has 0 aromatic rings. The molecule has 0 aromatic heterocycles. The predicted molar refractivity (Wildman–Crippen MR) is 64.6 cm³/mol. The first-order valence-electron chi connectivity index (χ1n) is 5.31. The predicted octanol–water partition coefficient (Wildman–Crippen LogP) is 0.119. The lowest BCUT2D eigenvalue weighted by atomic mass is 10.1. The number of likely N-dealkylation sites (N-methyl/N-ethyl adjacent to an activating group) is 1. The number of thiocarbonyl (C=S) groups is 1. The molecule has 0 aromatic carbocycles. The molecule has 1 saturated heterocycles. The minimum Gasteiger partial charge on any atom is -0.393 e.